The van der Waals surface area contributed by atoms with E-state index in [0.717, 1.165) is 28.1 Å². The van der Waals surface area contributed by atoms with Crippen LogP contribution in [0.3, 0.4) is 0 Å². The first kappa shape index (κ1) is 17.9. The smallest absolute Gasteiger partial charge is 0.255 e. The van der Waals surface area contributed by atoms with Gasteiger partial charge in [0, 0.05) is 49.5 Å². The third-order valence-corrected chi connectivity index (χ3v) is 4.64. The van der Waals surface area contributed by atoms with Crippen LogP contribution in [0.1, 0.15) is 45.8 Å². The minimum absolute atomic E-state index is 0.00514. The Morgan fingerprint density at radius 2 is 2.04 bits per heavy atom. The van der Waals surface area contributed by atoms with Gasteiger partial charge in [-0.15, -0.1) is 0 Å². The van der Waals surface area contributed by atoms with Crippen LogP contribution in [0.2, 0.25) is 0 Å². The normalized spacial score (nSPS) is 12.0. The summed E-state index contributed by atoms with van der Waals surface area (Å²) >= 11 is 0. The molecule has 0 saturated carbocycles. The summed E-state index contributed by atoms with van der Waals surface area (Å²) in [6.07, 6.45) is 7.20. The summed E-state index contributed by atoms with van der Waals surface area (Å²) in [4.78, 5) is 24.1. The average molecular weight is 348 g/mol. The van der Waals surface area contributed by atoms with E-state index in [1.165, 1.54) is 0 Å². The zero-order valence-electron chi connectivity index (χ0n) is 15.7. The largest absolute Gasteiger partial charge is 0.336 e. The fourth-order valence-corrected chi connectivity index (χ4v) is 3.21. The molecule has 0 bridgehead atoms. The quantitative estimate of drug-likeness (QED) is 0.707. The van der Waals surface area contributed by atoms with E-state index in [1.54, 1.807) is 18.6 Å². The third kappa shape index (κ3) is 3.38. The van der Waals surface area contributed by atoms with E-state index in [2.05, 4.69) is 9.97 Å². The molecular weight excluding hydrogens is 324 g/mol. The van der Waals surface area contributed by atoms with Crippen LogP contribution in [0.15, 0.2) is 55.1 Å². The Labute approximate surface area is 154 Å². The van der Waals surface area contributed by atoms with Crippen molar-refractivity contribution in [2.75, 3.05) is 6.54 Å². The van der Waals surface area contributed by atoms with Crippen LogP contribution in [0.25, 0.3) is 0 Å². The van der Waals surface area contributed by atoms with Gasteiger partial charge in [-0.2, -0.15) is 0 Å². The van der Waals surface area contributed by atoms with Gasteiger partial charge < -0.3 is 9.47 Å². The lowest BCUT2D eigenvalue weighted by atomic mass is 10.0. The molecule has 3 rings (SSSR count). The molecule has 0 aliphatic heterocycles. The highest BCUT2D eigenvalue weighted by Gasteiger charge is 2.30. The van der Waals surface area contributed by atoms with Crippen LogP contribution in [0, 0.1) is 13.8 Å². The minimum atomic E-state index is -0.291. The van der Waals surface area contributed by atoms with Crippen molar-refractivity contribution >= 4 is 5.91 Å². The number of imidazole rings is 1. The molecule has 2 aromatic heterocycles. The van der Waals surface area contributed by atoms with Gasteiger partial charge in [0.25, 0.3) is 5.91 Å². The molecule has 26 heavy (non-hydrogen) atoms. The summed E-state index contributed by atoms with van der Waals surface area (Å²) in [7, 11) is 1.95. The van der Waals surface area contributed by atoms with Crippen LogP contribution in [0.5, 0.6) is 0 Å². The second-order valence-electron chi connectivity index (χ2n) is 6.49. The SMILES string of the molecule is CCN(C(=O)c1cc(C)ccc1C)[C@H](c1cccnc1)c1nccn1C. The summed E-state index contributed by atoms with van der Waals surface area (Å²) < 4.78 is 1.96. The molecule has 1 aromatic carbocycles. The van der Waals surface area contributed by atoms with Gasteiger partial charge in [-0.1, -0.05) is 23.8 Å². The summed E-state index contributed by atoms with van der Waals surface area (Å²) in [6.45, 7) is 6.54. The number of nitrogens with zero attached hydrogens (tertiary/aromatic N) is 4. The molecule has 0 radical (unpaired) electrons. The Morgan fingerprint density at radius 1 is 1.23 bits per heavy atom. The lowest BCUT2D eigenvalue weighted by molar-refractivity contribution is 0.0708. The number of pyridine rings is 1. The fourth-order valence-electron chi connectivity index (χ4n) is 3.21. The maximum absolute atomic E-state index is 13.4. The van der Waals surface area contributed by atoms with Crippen molar-refractivity contribution < 1.29 is 4.79 Å². The van der Waals surface area contributed by atoms with E-state index in [4.69, 9.17) is 0 Å². The molecule has 0 unspecified atom stereocenters. The highest BCUT2D eigenvalue weighted by Crippen LogP contribution is 2.29. The molecule has 1 atom stereocenters. The van der Waals surface area contributed by atoms with Gasteiger partial charge in [0.05, 0.1) is 0 Å². The maximum atomic E-state index is 13.4. The Hall–Kier alpha value is -2.95. The highest BCUT2D eigenvalue weighted by atomic mass is 16.2. The number of hydrogen-bond acceptors (Lipinski definition) is 3. The van der Waals surface area contributed by atoms with Gasteiger partial charge in [0.2, 0.25) is 0 Å². The fraction of sp³-hybridized carbons (Fsp3) is 0.286. The van der Waals surface area contributed by atoms with Gasteiger partial charge in [-0.05, 0) is 38.5 Å². The zero-order valence-corrected chi connectivity index (χ0v) is 15.7. The first-order chi connectivity index (χ1) is 12.5. The van der Waals surface area contributed by atoms with Crippen LogP contribution < -0.4 is 0 Å². The predicted octanol–water partition coefficient (Wildman–Crippen LogP) is 3.68. The van der Waals surface area contributed by atoms with E-state index < -0.39 is 0 Å². The van der Waals surface area contributed by atoms with Crippen molar-refractivity contribution in [1.29, 1.82) is 0 Å². The van der Waals surface area contributed by atoms with Crippen LogP contribution >= 0.6 is 0 Å². The second-order valence-corrected chi connectivity index (χ2v) is 6.49. The summed E-state index contributed by atoms with van der Waals surface area (Å²) in [5, 5.41) is 0. The van der Waals surface area contributed by atoms with Gasteiger partial charge in [-0.3, -0.25) is 9.78 Å². The molecule has 3 aromatic rings. The second kappa shape index (κ2) is 7.52. The van der Waals surface area contributed by atoms with Crippen molar-refractivity contribution in [1.82, 2.24) is 19.4 Å². The Bertz CT molecular complexity index is 901. The molecule has 0 aliphatic rings. The highest BCUT2D eigenvalue weighted by molar-refractivity contribution is 5.96. The summed E-state index contributed by atoms with van der Waals surface area (Å²) in [6, 6.07) is 9.57. The molecular formula is C21H24N4O. The lowest BCUT2D eigenvalue weighted by Gasteiger charge is -2.31. The molecule has 0 fully saturated rings. The number of aryl methyl sites for hydroxylation is 3. The maximum Gasteiger partial charge on any atom is 0.255 e. The summed E-state index contributed by atoms with van der Waals surface area (Å²) in [5.74, 6) is 0.823. The van der Waals surface area contributed by atoms with E-state index in [0.29, 0.717) is 6.54 Å². The molecule has 134 valence electrons. The third-order valence-electron chi connectivity index (χ3n) is 4.64. The molecule has 1 amide bonds. The number of benzene rings is 1. The number of carbonyl (C=O) groups excluding carboxylic acids is 1. The number of aromatic nitrogens is 3. The first-order valence-corrected chi connectivity index (χ1v) is 8.78. The molecule has 0 N–H and O–H groups in total. The number of rotatable bonds is 5. The van der Waals surface area contributed by atoms with Gasteiger partial charge in [-0.25, -0.2) is 4.98 Å². The van der Waals surface area contributed by atoms with Crippen LogP contribution in [-0.2, 0) is 7.05 Å². The van der Waals surface area contributed by atoms with E-state index in [-0.39, 0.29) is 11.9 Å². The van der Waals surface area contributed by atoms with Gasteiger partial charge >= 0.3 is 0 Å². The monoisotopic (exact) mass is 348 g/mol. The Balaban J connectivity index is 2.10. The first-order valence-electron chi connectivity index (χ1n) is 8.78. The standard InChI is InChI=1S/C21H24N4O/c1-5-25(21(26)18-13-15(2)8-9-16(18)3)19(17-7-6-10-22-14-17)20-23-11-12-24(20)4/h6-14,19H,5H2,1-4H3/t19-/m1/s1. The van der Waals surface area contributed by atoms with Gasteiger partial charge in [0.1, 0.15) is 11.9 Å². The average Bonchev–Trinajstić information content (AvgIpc) is 3.07. The van der Waals surface area contributed by atoms with E-state index in [1.807, 2.05) is 73.8 Å². The van der Waals surface area contributed by atoms with Crippen LogP contribution in [-0.4, -0.2) is 31.9 Å². The Kier molecular flexibility index (Phi) is 5.16. The topological polar surface area (TPSA) is 51.0 Å². The Morgan fingerprint density at radius 3 is 2.65 bits per heavy atom. The zero-order chi connectivity index (χ0) is 18.7. The van der Waals surface area contributed by atoms with E-state index in [9.17, 15) is 4.79 Å². The van der Waals surface area contributed by atoms with Crippen molar-refractivity contribution in [2.24, 2.45) is 7.05 Å². The van der Waals surface area contributed by atoms with E-state index >= 15 is 0 Å². The number of carbonyl (C=O) groups is 1. The molecule has 0 aliphatic carbocycles. The van der Waals surface area contributed by atoms with Crippen molar-refractivity contribution in [3.63, 3.8) is 0 Å². The molecule has 5 heteroatoms. The van der Waals surface area contributed by atoms with Crippen LogP contribution in [0.4, 0.5) is 0 Å². The summed E-state index contributed by atoms with van der Waals surface area (Å²) in [5.41, 5.74) is 3.73. The molecule has 2 heterocycles. The molecule has 0 spiro atoms. The van der Waals surface area contributed by atoms with Crippen molar-refractivity contribution in [3.8, 4) is 0 Å². The van der Waals surface area contributed by atoms with Crippen molar-refractivity contribution in [3.05, 3.63) is 83.2 Å². The predicted molar refractivity (Wildman–Crippen MR) is 102 cm³/mol. The number of amides is 1. The lowest BCUT2D eigenvalue weighted by Crippen LogP contribution is -2.37. The number of hydrogen-bond donors (Lipinski definition) is 0. The molecule has 0 saturated heterocycles. The van der Waals surface area contributed by atoms with Gasteiger partial charge in [0.15, 0.2) is 0 Å². The minimum Gasteiger partial charge on any atom is -0.336 e. The molecule has 5 nitrogen and oxygen atoms in total. The van der Waals surface area contributed by atoms with Crippen molar-refractivity contribution in [2.45, 2.75) is 26.8 Å².